The highest BCUT2D eigenvalue weighted by Crippen LogP contribution is 2.52. The molecule has 0 saturated carbocycles. The SMILES string of the molecule is C=C1NC2C=CC=CC2[C@]1(C)C1C[C@H](C(=COC)C(=O)OC)[C@H](CC)CN1CC. The summed E-state index contributed by atoms with van der Waals surface area (Å²) in [6.07, 6.45) is 12.3. The number of likely N-dealkylation sites (tertiary alicyclic amines) is 1. The van der Waals surface area contributed by atoms with E-state index in [0.29, 0.717) is 17.4 Å². The van der Waals surface area contributed by atoms with E-state index in [2.05, 4.69) is 61.9 Å². The van der Waals surface area contributed by atoms with Crippen LogP contribution in [0.3, 0.4) is 0 Å². The summed E-state index contributed by atoms with van der Waals surface area (Å²) in [6.45, 7) is 13.1. The Morgan fingerprint density at radius 1 is 1.34 bits per heavy atom. The summed E-state index contributed by atoms with van der Waals surface area (Å²) in [5, 5.41) is 3.63. The van der Waals surface area contributed by atoms with Gasteiger partial charge in [-0.2, -0.15) is 0 Å². The van der Waals surface area contributed by atoms with Crippen molar-refractivity contribution in [2.24, 2.45) is 23.2 Å². The predicted molar refractivity (Wildman–Crippen MR) is 116 cm³/mol. The molecule has 3 aliphatic rings. The second-order valence-electron chi connectivity index (χ2n) is 8.64. The molecule has 5 heteroatoms. The number of methoxy groups -OCH3 is 2. The van der Waals surface area contributed by atoms with Crippen LogP contribution in [0.4, 0.5) is 0 Å². The van der Waals surface area contributed by atoms with Crippen LogP contribution in [0.2, 0.25) is 0 Å². The van der Waals surface area contributed by atoms with Gasteiger partial charge >= 0.3 is 5.97 Å². The lowest BCUT2D eigenvalue weighted by Gasteiger charge is -2.52. The summed E-state index contributed by atoms with van der Waals surface area (Å²) >= 11 is 0. The number of ether oxygens (including phenoxy) is 2. The van der Waals surface area contributed by atoms with Crippen LogP contribution in [0.5, 0.6) is 0 Å². The number of carbonyl (C=O) groups excluding carboxylic acids is 1. The van der Waals surface area contributed by atoms with Gasteiger partial charge in [0.1, 0.15) is 0 Å². The fourth-order valence-electron chi connectivity index (χ4n) is 5.74. The van der Waals surface area contributed by atoms with Crippen molar-refractivity contribution in [1.82, 2.24) is 10.2 Å². The Balaban J connectivity index is 2.00. The van der Waals surface area contributed by atoms with Gasteiger partial charge < -0.3 is 14.8 Å². The molecule has 2 heterocycles. The highest BCUT2D eigenvalue weighted by atomic mass is 16.5. The van der Waals surface area contributed by atoms with Crippen molar-refractivity contribution in [1.29, 1.82) is 0 Å². The normalized spacial score (nSPS) is 37.2. The number of rotatable bonds is 6. The lowest BCUT2D eigenvalue weighted by Crippen LogP contribution is -2.56. The van der Waals surface area contributed by atoms with Crippen LogP contribution in [-0.2, 0) is 14.3 Å². The highest BCUT2D eigenvalue weighted by molar-refractivity contribution is 5.88. The van der Waals surface area contributed by atoms with E-state index in [4.69, 9.17) is 9.47 Å². The molecule has 0 aromatic heterocycles. The minimum Gasteiger partial charge on any atom is -0.504 e. The maximum absolute atomic E-state index is 12.6. The van der Waals surface area contributed by atoms with Gasteiger partial charge in [-0.3, -0.25) is 4.90 Å². The van der Waals surface area contributed by atoms with E-state index in [0.717, 1.165) is 31.6 Å². The van der Waals surface area contributed by atoms with Crippen LogP contribution in [0.1, 0.15) is 33.6 Å². The van der Waals surface area contributed by atoms with Gasteiger partial charge in [0.15, 0.2) is 0 Å². The van der Waals surface area contributed by atoms with Gasteiger partial charge in [-0.05, 0) is 24.8 Å². The first-order valence-corrected chi connectivity index (χ1v) is 10.8. The number of hydrogen-bond acceptors (Lipinski definition) is 5. The second-order valence-corrected chi connectivity index (χ2v) is 8.64. The highest BCUT2D eigenvalue weighted by Gasteiger charge is 2.55. The van der Waals surface area contributed by atoms with Gasteiger partial charge in [0, 0.05) is 29.6 Å². The van der Waals surface area contributed by atoms with Crippen LogP contribution in [0.25, 0.3) is 0 Å². The average Bonchev–Trinajstić information content (AvgIpc) is 3.01. The fourth-order valence-corrected chi connectivity index (χ4v) is 5.74. The Morgan fingerprint density at radius 2 is 2.07 bits per heavy atom. The quantitative estimate of drug-likeness (QED) is 0.419. The standard InChI is InChI=1S/C24H36N2O3/c1-7-17-14-26(8-2)22(13-18(17)19(15-28-5)23(27)29-6)24(4)16(3)25-21-12-10-9-11-20(21)24/h9-12,15,17-18,20-22,25H,3,7-8,13-14H2,1-2,4-6H3/t17-,18+,20?,21?,22?,24-/m1/s1. The van der Waals surface area contributed by atoms with E-state index in [1.165, 1.54) is 7.11 Å². The van der Waals surface area contributed by atoms with Gasteiger partial charge in [0.2, 0.25) is 0 Å². The molecule has 5 nitrogen and oxygen atoms in total. The number of carbonyl (C=O) groups is 1. The third-order valence-electron chi connectivity index (χ3n) is 7.46. The van der Waals surface area contributed by atoms with Gasteiger partial charge in [-0.25, -0.2) is 4.79 Å². The molecule has 0 bridgehead atoms. The summed E-state index contributed by atoms with van der Waals surface area (Å²) in [7, 11) is 3.04. The largest absolute Gasteiger partial charge is 0.504 e. The first-order chi connectivity index (χ1) is 13.9. The number of piperidine rings is 1. The van der Waals surface area contributed by atoms with E-state index in [1.54, 1.807) is 13.4 Å². The smallest absolute Gasteiger partial charge is 0.337 e. The van der Waals surface area contributed by atoms with Crippen molar-refractivity contribution in [3.05, 3.63) is 48.4 Å². The zero-order valence-corrected chi connectivity index (χ0v) is 18.5. The molecule has 3 rings (SSSR count). The molecule has 2 fully saturated rings. The third-order valence-corrected chi connectivity index (χ3v) is 7.46. The summed E-state index contributed by atoms with van der Waals surface area (Å²) in [5.74, 6) is 0.555. The van der Waals surface area contributed by atoms with E-state index in [1.807, 2.05) is 0 Å². The zero-order valence-electron chi connectivity index (χ0n) is 18.5. The fraction of sp³-hybridized carbons (Fsp3) is 0.625. The van der Waals surface area contributed by atoms with E-state index in [9.17, 15) is 4.79 Å². The second kappa shape index (κ2) is 8.78. The Labute approximate surface area is 175 Å². The molecule has 1 N–H and O–H groups in total. The van der Waals surface area contributed by atoms with E-state index >= 15 is 0 Å². The summed E-state index contributed by atoms with van der Waals surface area (Å²) in [4.78, 5) is 15.2. The summed E-state index contributed by atoms with van der Waals surface area (Å²) in [5.41, 5.74) is 1.63. The maximum atomic E-state index is 12.6. The molecule has 0 amide bonds. The lowest BCUT2D eigenvalue weighted by atomic mass is 9.63. The van der Waals surface area contributed by atoms with Crippen molar-refractivity contribution in [2.75, 3.05) is 27.3 Å². The third kappa shape index (κ3) is 3.65. The molecular weight excluding hydrogens is 364 g/mol. The Morgan fingerprint density at radius 3 is 2.69 bits per heavy atom. The Kier molecular flexibility index (Phi) is 6.57. The van der Waals surface area contributed by atoms with Crippen LogP contribution < -0.4 is 5.32 Å². The lowest BCUT2D eigenvalue weighted by molar-refractivity contribution is -0.137. The minimum absolute atomic E-state index is 0.104. The molecule has 2 saturated heterocycles. The molecule has 29 heavy (non-hydrogen) atoms. The van der Waals surface area contributed by atoms with Crippen molar-refractivity contribution in [2.45, 2.75) is 45.7 Å². The maximum Gasteiger partial charge on any atom is 0.337 e. The van der Waals surface area contributed by atoms with Gasteiger partial charge in [-0.15, -0.1) is 0 Å². The molecule has 0 spiro atoms. The topological polar surface area (TPSA) is 50.8 Å². The number of nitrogens with one attached hydrogen (secondary N) is 1. The number of hydrogen-bond donors (Lipinski definition) is 1. The summed E-state index contributed by atoms with van der Waals surface area (Å²) < 4.78 is 10.4. The number of fused-ring (bicyclic) bond motifs is 1. The number of allylic oxidation sites excluding steroid dienone is 2. The van der Waals surface area contributed by atoms with Crippen LogP contribution in [0.15, 0.2) is 48.4 Å². The molecule has 160 valence electrons. The van der Waals surface area contributed by atoms with Gasteiger partial charge in [-0.1, -0.05) is 58.1 Å². The van der Waals surface area contributed by atoms with Crippen molar-refractivity contribution < 1.29 is 14.3 Å². The zero-order chi connectivity index (χ0) is 21.2. The monoisotopic (exact) mass is 400 g/mol. The van der Waals surface area contributed by atoms with E-state index < -0.39 is 0 Å². The summed E-state index contributed by atoms with van der Waals surface area (Å²) in [6, 6.07) is 0.560. The van der Waals surface area contributed by atoms with Crippen molar-refractivity contribution in [3.8, 4) is 0 Å². The first-order valence-electron chi connectivity index (χ1n) is 10.8. The van der Waals surface area contributed by atoms with Gasteiger partial charge in [0.25, 0.3) is 0 Å². The van der Waals surface area contributed by atoms with Crippen molar-refractivity contribution in [3.63, 3.8) is 0 Å². The average molecular weight is 401 g/mol. The van der Waals surface area contributed by atoms with Crippen LogP contribution in [-0.4, -0.2) is 50.3 Å². The number of esters is 1. The molecule has 1 aliphatic carbocycles. The van der Waals surface area contributed by atoms with Crippen molar-refractivity contribution >= 4 is 5.97 Å². The molecule has 0 radical (unpaired) electrons. The Hall–Kier alpha value is -2.01. The van der Waals surface area contributed by atoms with E-state index in [-0.39, 0.29) is 29.4 Å². The molecular formula is C24H36N2O3. The first kappa shape index (κ1) is 21.7. The molecule has 6 atom stereocenters. The van der Waals surface area contributed by atoms with Crippen LogP contribution >= 0.6 is 0 Å². The molecule has 0 aromatic carbocycles. The van der Waals surface area contributed by atoms with Gasteiger partial charge in [0.05, 0.1) is 32.1 Å². The molecule has 0 aromatic rings. The van der Waals surface area contributed by atoms with Crippen LogP contribution in [0, 0.1) is 23.2 Å². The predicted octanol–water partition coefficient (Wildman–Crippen LogP) is 3.66. The Bertz CT molecular complexity index is 726. The minimum atomic E-state index is -0.286. The molecule has 3 unspecified atom stereocenters. The number of nitrogens with zero attached hydrogens (tertiary/aromatic N) is 1. The molecule has 2 aliphatic heterocycles.